The lowest BCUT2D eigenvalue weighted by Gasteiger charge is -2.31. The van der Waals surface area contributed by atoms with Crippen LogP contribution in [0.1, 0.15) is 28.8 Å². The second kappa shape index (κ2) is 8.44. The molecule has 2 amide bonds. The fraction of sp³-hybridized carbons (Fsp3) is 0.250. The minimum Gasteiger partial charge on any atom is -0.508 e. The van der Waals surface area contributed by atoms with Gasteiger partial charge in [0.2, 0.25) is 5.91 Å². The first-order valence-electron chi connectivity index (χ1n) is 8.70. The Morgan fingerprint density at radius 3 is 2.52 bits per heavy atom. The molecule has 1 fully saturated rings. The monoisotopic (exact) mass is 369 g/mol. The minimum atomic E-state index is -0.381. The quantitative estimate of drug-likeness (QED) is 0.642. The normalized spacial score (nSPS) is 15.1. The summed E-state index contributed by atoms with van der Waals surface area (Å²) in [6.07, 6.45) is 2.55. The van der Waals surface area contributed by atoms with Crippen LogP contribution in [0.3, 0.4) is 0 Å². The molecule has 2 N–H and O–H groups in total. The molecule has 3 rings (SSSR count). The summed E-state index contributed by atoms with van der Waals surface area (Å²) in [6, 6.07) is 12.0. The molecular formula is C20H20FN3O3. The summed E-state index contributed by atoms with van der Waals surface area (Å²) in [6.45, 7) is 0.926. The van der Waals surface area contributed by atoms with Crippen LogP contribution >= 0.6 is 0 Å². The fourth-order valence-corrected chi connectivity index (χ4v) is 2.99. The van der Waals surface area contributed by atoms with E-state index in [4.69, 9.17) is 0 Å². The summed E-state index contributed by atoms with van der Waals surface area (Å²) in [5.41, 5.74) is 3.62. The second-order valence-electron chi connectivity index (χ2n) is 6.40. The van der Waals surface area contributed by atoms with E-state index in [1.165, 1.54) is 36.5 Å². The molecule has 7 heteroatoms. The number of hydrogen-bond donors (Lipinski definition) is 2. The lowest BCUT2D eigenvalue weighted by molar-refractivity contribution is -0.126. The summed E-state index contributed by atoms with van der Waals surface area (Å²) in [7, 11) is 0. The maximum absolute atomic E-state index is 13.0. The van der Waals surface area contributed by atoms with Crippen molar-refractivity contribution in [2.75, 3.05) is 13.1 Å². The Kier molecular flexibility index (Phi) is 5.80. The van der Waals surface area contributed by atoms with Gasteiger partial charge in [-0.05, 0) is 54.8 Å². The van der Waals surface area contributed by atoms with E-state index in [9.17, 15) is 19.1 Å². The number of hydrazone groups is 1. The summed E-state index contributed by atoms with van der Waals surface area (Å²) in [5, 5.41) is 13.3. The molecule has 1 aliphatic heterocycles. The van der Waals surface area contributed by atoms with Crippen molar-refractivity contribution in [3.05, 3.63) is 65.5 Å². The Hall–Kier alpha value is -3.22. The van der Waals surface area contributed by atoms with Gasteiger partial charge in [0, 0.05) is 24.6 Å². The van der Waals surface area contributed by atoms with Crippen LogP contribution in [0.2, 0.25) is 0 Å². The van der Waals surface area contributed by atoms with Crippen molar-refractivity contribution in [3.63, 3.8) is 0 Å². The van der Waals surface area contributed by atoms with Gasteiger partial charge in [-0.15, -0.1) is 0 Å². The molecule has 27 heavy (non-hydrogen) atoms. The number of halogens is 1. The minimum absolute atomic E-state index is 0.128. The molecular weight excluding hydrogens is 349 g/mol. The van der Waals surface area contributed by atoms with Crippen LogP contribution in [0.25, 0.3) is 0 Å². The zero-order valence-electron chi connectivity index (χ0n) is 14.6. The number of aromatic hydroxyl groups is 1. The predicted octanol–water partition coefficient (Wildman–Crippen LogP) is 2.53. The number of hydrogen-bond acceptors (Lipinski definition) is 4. The van der Waals surface area contributed by atoms with Gasteiger partial charge in [-0.3, -0.25) is 9.59 Å². The van der Waals surface area contributed by atoms with Crippen LogP contribution in [0.15, 0.2) is 53.6 Å². The highest BCUT2D eigenvalue weighted by atomic mass is 19.1. The van der Waals surface area contributed by atoms with E-state index in [0.29, 0.717) is 37.1 Å². The SMILES string of the molecule is O=C(N/N=C\c1cccc(O)c1)C1CCN(C(=O)c2ccc(F)cc2)CC1. The fourth-order valence-electron chi connectivity index (χ4n) is 2.99. The van der Waals surface area contributed by atoms with Gasteiger partial charge in [-0.1, -0.05) is 12.1 Å². The molecule has 0 aromatic heterocycles. The molecule has 1 heterocycles. The molecule has 0 bridgehead atoms. The van der Waals surface area contributed by atoms with Crippen LogP contribution in [0.4, 0.5) is 4.39 Å². The summed E-state index contributed by atoms with van der Waals surface area (Å²) in [5.74, 6) is -0.823. The Balaban J connectivity index is 1.49. The van der Waals surface area contributed by atoms with E-state index in [-0.39, 0.29) is 29.3 Å². The van der Waals surface area contributed by atoms with Crippen molar-refractivity contribution < 1.29 is 19.1 Å². The molecule has 0 saturated carbocycles. The summed E-state index contributed by atoms with van der Waals surface area (Å²) in [4.78, 5) is 26.3. The first kappa shape index (κ1) is 18.6. The molecule has 0 unspecified atom stereocenters. The number of piperidine rings is 1. The Morgan fingerprint density at radius 2 is 1.85 bits per heavy atom. The second-order valence-corrected chi connectivity index (χ2v) is 6.40. The first-order chi connectivity index (χ1) is 13.0. The number of amides is 2. The van der Waals surface area contributed by atoms with Crippen molar-refractivity contribution in [2.24, 2.45) is 11.0 Å². The van der Waals surface area contributed by atoms with Gasteiger partial charge in [-0.25, -0.2) is 9.82 Å². The predicted molar refractivity (Wildman–Crippen MR) is 98.9 cm³/mol. The van der Waals surface area contributed by atoms with E-state index in [2.05, 4.69) is 10.5 Å². The van der Waals surface area contributed by atoms with Crippen LogP contribution < -0.4 is 5.43 Å². The average molecular weight is 369 g/mol. The number of carbonyl (C=O) groups is 2. The van der Waals surface area contributed by atoms with Crippen molar-refractivity contribution in [1.29, 1.82) is 0 Å². The van der Waals surface area contributed by atoms with Crippen molar-refractivity contribution in [1.82, 2.24) is 10.3 Å². The van der Waals surface area contributed by atoms with E-state index in [1.807, 2.05) is 0 Å². The first-order valence-corrected chi connectivity index (χ1v) is 8.70. The highest BCUT2D eigenvalue weighted by molar-refractivity contribution is 5.94. The zero-order chi connectivity index (χ0) is 19.2. The molecule has 2 aromatic rings. The third-order valence-corrected chi connectivity index (χ3v) is 4.50. The smallest absolute Gasteiger partial charge is 0.253 e. The molecule has 1 aliphatic rings. The molecule has 0 radical (unpaired) electrons. The van der Waals surface area contributed by atoms with E-state index in [1.54, 1.807) is 23.1 Å². The van der Waals surface area contributed by atoms with Gasteiger partial charge in [-0.2, -0.15) is 5.10 Å². The Labute approximate surface area is 156 Å². The molecule has 2 aromatic carbocycles. The van der Waals surface area contributed by atoms with E-state index < -0.39 is 0 Å². The lowest BCUT2D eigenvalue weighted by Crippen LogP contribution is -2.42. The third kappa shape index (κ3) is 4.91. The topological polar surface area (TPSA) is 82.0 Å². The number of rotatable bonds is 4. The number of nitrogens with zero attached hydrogens (tertiary/aromatic N) is 2. The van der Waals surface area contributed by atoms with Crippen molar-refractivity contribution in [2.45, 2.75) is 12.8 Å². The van der Waals surface area contributed by atoms with E-state index in [0.717, 1.165) is 0 Å². The van der Waals surface area contributed by atoms with Crippen LogP contribution in [0.5, 0.6) is 5.75 Å². The van der Waals surface area contributed by atoms with Crippen molar-refractivity contribution in [3.8, 4) is 5.75 Å². The maximum atomic E-state index is 13.0. The molecule has 0 spiro atoms. The van der Waals surface area contributed by atoms with Gasteiger partial charge >= 0.3 is 0 Å². The zero-order valence-corrected chi connectivity index (χ0v) is 14.6. The number of nitrogens with one attached hydrogen (secondary N) is 1. The van der Waals surface area contributed by atoms with Crippen LogP contribution in [-0.2, 0) is 4.79 Å². The number of benzene rings is 2. The molecule has 0 atom stereocenters. The van der Waals surface area contributed by atoms with Gasteiger partial charge in [0.05, 0.1) is 6.21 Å². The lowest BCUT2D eigenvalue weighted by atomic mass is 9.95. The van der Waals surface area contributed by atoms with Crippen LogP contribution in [-0.4, -0.2) is 41.1 Å². The third-order valence-electron chi connectivity index (χ3n) is 4.50. The summed E-state index contributed by atoms with van der Waals surface area (Å²) >= 11 is 0. The Bertz CT molecular complexity index is 844. The summed E-state index contributed by atoms with van der Waals surface area (Å²) < 4.78 is 13.0. The van der Waals surface area contributed by atoms with Gasteiger partial charge in [0.25, 0.3) is 5.91 Å². The average Bonchev–Trinajstić information content (AvgIpc) is 2.68. The molecule has 1 saturated heterocycles. The van der Waals surface area contributed by atoms with Crippen molar-refractivity contribution >= 4 is 18.0 Å². The standard InChI is InChI=1S/C20H20FN3O3/c21-17-6-4-16(5-7-17)20(27)24-10-8-15(9-11-24)19(26)23-22-13-14-2-1-3-18(25)12-14/h1-7,12-13,15,25H,8-11H2,(H,23,26)/b22-13-. The largest absolute Gasteiger partial charge is 0.508 e. The molecule has 140 valence electrons. The van der Waals surface area contributed by atoms with Crippen LogP contribution in [0, 0.1) is 11.7 Å². The van der Waals surface area contributed by atoms with Gasteiger partial charge < -0.3 is 10.0 Å². The number of carbonyl (C=O) groups excluding carboxylic acids is 2. The van der Waals surface area contributed by atoms with E-state index >= 15 is 0 Å². The van der Waals surface area contributed by atoms with Gasteiger partial charge in [0.1, 0.15) is 11.6 Å². The van der Waals surface area contributed by atoms with Gasteiger partial charge in [0.15, 0.2) is 0 Å². The number of phenols is 1. The maximum Gasteiger partial charge on any atom is 0.253 e. The highest BCUT2D eigenvalue weighted by Crippen LogP contribution is 2.19. The number of likely N-dealkylation sites (tertiary alicyclic amines) is 1. The number of phenolic OH excluding ortho intramolecular Hbond substituents is 1. The molecule has 6 nitrogen and oxygen atoms in total. The Morgan fingerprint density at radius 1 is 1.15 bits per heavy atom. The molecule has 0 aliphatic carbocycles. The highest BCUT2D eigenvalue weighted by Gasteiger charge is 2.27.